The molecule has 1 N–H and O–H groups in total. The Hall–Kier alpha value is -2.29. The first-order valence-corrected chi connectivity index (χ1v) is 15.9. The number of methoxy groups -OCH3 is 1. The van der Waals surface area contributed by atoms with E-state index in [1.54, 1.807) is 39.0 Å². The number of ether oxygens (including phenoxy) is 3. The van der Waals surface area contributed by atoms with Gasteiger partial charge in [0.1, 0.15) is 11.4 Å². The number of hydrogen-bond donors (Lipinski definition) is 1. The first kappa shape index (κ1) is 35.9. The largest absolute Gasteiger partial charge is 0.474 e. The number of halogens is 1. The maximum Gasteiger partial charge on any atom is 0.474 e. The zero-order valence-electron chi connectivity index (χ0n) is 25.2. The molecule has 0 radical (unpaired) electrons. The van der Waals surface area contributed by atoms with E-state index in [4.69, 9.17) is 46.0 Å². The van der Waals surface area contributed by atoms with Crippen molar-refractivity contribution in [2.75, 3.05) is 34.7 Å². The number of benzene rings is 2. The van der Waals surface area contributed by atoms with Gasteiger partial charge in [0.15, 0.2) is 12.5 Å². The second-order valence-electron chi connectivity index (χ2n) is 10.4. The summed E-state index contributed by atoms with van der Waals surface area (Å²) in [5.41, 5.74) is -0.325. The van der Waals surface area contributed by atoms with E-state index in [0.717, 1.165) is 15.4 Å². The van der Waals surface area contributed by atoms with Crippen LogP contribution in [0.2, 0.25) is 5.02 Å². The highest BCUT2D eigenvalue weighted by Crippen LogP contribution is 2.48. The van der Waals surface area contributed by atoms with E-state index in [9.17, 15) is 9.36 Å². The van der Waals surface area contributed by atoms with Crippen molar-refractivity contribution in [1.29, 1.82) is 0 Å². The fourth-order valence-corrected chi connectivity index (χ4v) is 6.07. The summed E-state index contributed by atoms with van der Waals surface area (Å²) < 4.78 is 44.4. The summed E-state index contributed by atoms with van der Waals surface area (Å²) in [6.45, 7) is 14.6. The van der Waals surface area contributed by atoms with Crippen LogP contribution in [0.4, 0.5) is 10.5 Å². The molecule has 0 bridgehead atoms. The normalized spacial score (nSPS) is 13.2. The third-order valence-corrected chi connectivity index (χ3v) is 8.67. The van der Waals surface area contributed by atoms with E-state index in [1.165, 1.54) is 33.1 Å². The van der Waals surface area contributed by atoms with Crippen LogP contribution >= 0.6 is 31.2 Å². The van der Waals surface area contributed by atoms with Gasteiger partial charge in [-0.1, -0.05) is 48.8 Å². The Morgan fingerprint density at radius 3 is 2.38 bits per heavy atom. The third-order valence-electron chi connectivity index (χ3n) is 5.95. The highest BCUT2D eigenvalue weighted by atomic mass is 35.5. The van der Waals surface area contributed by atoms with E-state index in [1.807, 2.05) is 25.1 Å². The van der Waals surface area contributed by atoms with Crippen molar-refractivity contribution in [1.82, 2.24) is 5.32 Å². The lowest BCUT2D eigenvalue weighted by molar-refractivity contribution is 0.0351. The number of nitrogens with zero attached hydrogens (tertiary/aromatic N) is 1. The van der Waals surface area contributed by atoms with E-state index < -0.39 is 25.1 Å². The first-order valence-electron chi connectivity index (χ1n) is 13.3. The summed E-state index contributed by atoms with van der Waals surface area (Å²) in [4.78, 5) is 18.0. The molecule has 0 aliphatic rings. The Bertz CT molecular complexity index is 1280. The number of hydrogen-bond acceptors (Lipinski definition) is 9. The zero-order valence-corrected chi connectivity index (χ0v) is 27.6. The van der Waals surface area contributed by atoms with Gasteiger partial charge in [-0.15, -0.1) is 0 Å². The fraction of sp³-hybridized carbons (Fsp3) is 0.517. The molecule has 42 heavy (non-hydrogen) atoms. The second kappa shape index (κ2) is 16.5. The van der Waals surface area contributed by atoms with Crippen molar-refractivity contribution in [3.8, 4) is 5.75 Å². The van der Waals surface area contributed by atoms with Gasteiger partial charge < -0.3 is 19.5 Å². The van der Waals surface area contributed by atoms with Gasteiger partial charge in [0.2, 0.25) is 0 Å². The molecule has 2 aromatic rings. The van der Waals surface area contributed by atoms with Crippen LogP contribution in [0, 0.1) is 6.57 Å². The van der Waals surface area contributed by atoms with Crippen LogP contribution in [0.1, 0.15) is 52.5 Å². The van der Waals surface area contributed by atoms with Crippen LogP contribution in [0.15, 0.2) is 46.2 Å². The fourth-order valence-electron chi connectivity index (χ4n) is 3.99. The SMILES string of the molecule is [C-]#[N+]c1ccc(OCOC)c(Sc2ccc(CC[C@@](CCC)(COP(=O)(OC)OC)NC(=O)OC(C)(C)C)c(Cl)c2)c1. The van der Waals surface area contributed by atoms with E-state index >= 15 is 0 Å². The van der Waals surface area contributed by atoms with Gasteiger partial charge in [0.25, 0.3) is 0 Å². The Kier molecular flexibility index (Phi) is 14.1. The van der Waals surface area contributed by atoms with Crippen LogP contribution in [-0.2, 0) is 34.0 Å². The number of aryl methyl sites for hydroxylation is 1. The molecule has 0 aliphatic carbocycles. The number of rotatable bonds is 16. The summed E-state index contributed by atoms with van der Waals surface area (Å²) in [7, 11) is 0.199. The minimum Gasteiger partial charge on any atom is -0.466 e. The smallest absolute Gasteiger partial charge is 0.466 e. The maximum absolute atomic E-state index is 12.9. The predicted octanol–water partition coefficient (Wildman–Crippen LogP) is 8.44. The molecular formula is C29H40ClN2O8PS. The van der Waals surface area contributed by atoms with Crippen molar-refractivity contribution in [3.63, 3.8) is 0 Å². The number of carbonyl (C=O) groups excluding carboxylic acids is 1. The standard InChI is InChI=1S/C29H40ClN2O8PS/c1-9-15-29(19-39-41(34,36-7)37-8,32-27(33)40-28(2,3)4)16-14-21-10-12-23(18-24(21)30)42-26-17-22(31-5)11-13-25(26)38-20-35-6/h10-13,17-18H,9,14-16,19-20H2,1-4,6-8H3,(H,32,33)/t29-/m0/s1. The molecule has 0 fully saturated rings. The highest BCUT2D eigenvalue weighted by Gasteiger charge is 2.37. The van der Waals surface area contributed by atoms with Gasteiger partial charge in [0, 0.05) is 36.1 Å². The summed E-state index contributed by atoms with van der Waals surface area (Å²) in [6, 6.07) is 10.9. The molecule has 2 aromatic carbocycles. The second-order valence-corrected chi connectivity index (χ2v) is 13.8. The first-order chi connectivity index (χ1) is 19.8. The Labute approximate surface area is 258 Å². The lowest BCUT2D eigenvalue weighted by atomic mass is 9.87. The number of alkyl carbamates (subject to hydrolysis) is 1. The maximum atomic E-state index is 12.9. The van der Waals surface area contributed by atoms with E-state index in [2.05, 4.69) is 10.2 Å². The summed E-state index contributed by atoms with van der Waals surface area (Å²) >= 11 is 8.15. The van der Waals surface area contributed by atoms with Gasteiger partial charge in [-0.25, -0.2) is 14.2 Å². The number of carbonyl (C=O) groups is 1. The summed E-state index contributed by atoms with van der Waals surface area (Å²) in [6.07, 6.45) is 1.47. The average molecular weight is 643 g/mol. The number of phosphoric acid groups is 1. The molecule has 0 aliphatic heterocycles. The molecule has 0 unspecified atom stereocenters. The molecule has 2 rings (SSSR count). The zero-order chi connectivity index (χ0) is 31.4. The molecule has 0 heterocycles. The molecule has 1 atom stereocenters. The van der Waals surface area contributed by atoms with Crippen molar-refractivity contribution in [2.45, 2.75) is 74.3 Å². The van der Waals surface area contributed by atoms with Crippen LogP contribution in [0.5, 0.6) is 5.75 Å². The van der Waals surface area contributed by atoms with E-state index in [0.29, 0.717) is 42.1 Å². The summed E-state index contributed by atoms with van der Waals surface area (Å²) in [5.74, 6) is 0.594. The average Bonchev–Trinajstić information content (AvgIpc) is 2.94. The van der Waals surface area contributed by atoms with Crippen LogP contribution < -0.4 is 10.1 Å². The van der Waals surface area contributed by atoms with Crippen molar-refractivity contribution >= 4 is 43.0 Å². The number of phosphoric ester groups is 1. The minimum absolute atomic E-state index is 0.0788. The van der Waals surface area contributed by atoms with Crippen molar-refractivity contribution in [2.24, 2.45) is 0 Å². The molecule has 1 amide bonds. The third kappa shape index (κ3) is 11.4. The van der Waals surface area contributed by atoms with Gasteiger partial charge in [-0.2, -0.15) is 0 Å². The molecule has 0 saturated heterocycles. The monoisotopic (exact) mass is 642 g/mol. The van der Waals surface area contributed by atoms with E-state index in [-0.39, 0.29) is 13.4 Å². The molecule has 0 aromatic heterocycles. The Morgan fingerprint density at radius 1 is 1.10 bits per heavy atom. The molecule has 0 saturated carbocycles. The Morgan fingerprint density at radius 2 is 1.81 bits per heavy atom. The number of amides is 1. The topological polar surface area (TPSA) is 106 Å². The lowest BCUT2D eigenvalue weighted by Crippen LogP contribution is -2.53. The predicted molar refractivity (Wildman–Crippen MR) is 164 cm³/mol. The van der Waals surface area contributed by atoms with Crippen LogP contribution in [0.3, 0.4) is 0 Å². The van der Waals surface area contributed by atoms with Crippen LogP contribution in [-0.4, -0.2) is 52.0 Å². The van der Waals surface area contributed by atoms with Gasteiger partial charge in [-0.3, -0.25) is 13.6 Å². The van der Waals surface area contributed by atoms with Gasteiger partial charge in [-0.05, 0) is 69.9 Å². The van der Waals surface area contributed by atoms with Crippen LogP contribution in [0.25, 0.3) is 4.85 Å². The molecule has 232 valence electrons. The molecule has 0 spiro atoms. The molecular weight excluding hydrogens is 603 g/mol. The van der Waals surface area contributed by atoms with Crippen molar-refractivity contribution in [3.05, 3.63) is 58.4 Å². The number of nitrogens with one attached hydrogen (secondary N) is 1. The highest BCUT2D eigenvalue weighted by molar-refractivity contribution is 7.99. The molecule has 10 nitrogen and oxygen atoms in total. The quantitative estimate of drug-likeness (QED) is 0.110. The molecule has 13 heteroatoms. The lowest BCUT2D eigenvalue weighted by Gasteiger charge is -2.36. The van der Waals surface area contributed by atoms with Gasteiger partial charge in [0.05, 0.1) is 18.7 Å². The van der Waals surface area contributed by atoms with Crippen molar-refractivity contribution < 1.29 is 37.1 Å². The van der Waals surface area contributed by atoms with Gasteiger partial charge >= 0.3 is 13.9 Å². The Balaban J connectivity index is 2.31. The minimum atomic E-state index is -3.81. The summed E-state index contributed by atoms with van der Waals surface area (Å²) in [5, 5.41) is 3.49.